The van der Waals surface area contributed by atoms with Crippen LogP contribution in [-0.4, -0.2) is 40.9 Å². The topological polar surface area (TPSA) is 41.9 Å². The summed E-state index contributed by atoms with van der Waals surface area (Å²) in [7, 11) is 1.54. The van der Waals surface area contributed by atoms with E-state index >= 15 is 0 Å². The Morgan fingerprint density at radius 2 is 2.22 bits per heavy atom. The molecule has 1 aliphatic rings. The van der Waals surface area contributed by atoms with Gasteiger partial charge in [-0.25, -0.2) is 0 Å². The van der Waals surface area contributed by atoms with E-state index in [1.165, 1.54) is 7.11 Å². The molecule has 1 saturated heterocycles. The summed E-state index contributed by atoms with van der Waals surface area (Å²) >= 11 is 7.63. The second kappa shape index (κ2) is 7.58. The summed E-state index contributed by atoms with van der Waals surface area (Å²) in [5.74, 6) is 1.10. The second-order valence-corrected chi connectivity index (χ2v) is 7.53. The molecule has 4 nitrogen and oxygen atoms in total. The maximum atomic E-state index is 12.6. The van der Waals surface area contributed by atoms with E-state index in [9.17, 15) is 4.79 Å². The standard InChI is InChI=1S/C17H23ClN2O2S/c1-5-6-9-20-16(23-11-17(20,2)3)19-15(21)13-10-12(18)7-8-14(13)22-4/h7-8,10H,5-6,9,11H2,1-4H3/b19-16-. The van der Waals surface area contributed by atoms with Crippen molar-refractivity contribution >= 4 is 34.4 Å². The van der Waals surface area contributed by atoms with Crippen molar-refractivity contribution < 1.29 is 9.53 Å². The van der Waals surface area contributed by atoms with Gasteiger partial charge in [0.2, 0.25) is 0 Å². The maximum absolute atomic E-state index is 12.6. The molecular weight excluding hydrogens is 332 g/mol. The van der Waals surface area contributed by atoms with E-state index in [1.807, 2.05) is 0 Å². The molecule has 2 rings (SSSR count). The van der Waals surface area contributed by atoms with Gasteiger partial charge in [0.05, 0.1) is 12.7 Å². The summed E-state index contributed by atoms with van der Waals surface area (Å²) in [5, 5.41) is 1.28. The molecule has 0 bridgehead atoms. The summed E-state index contributed by atoms with van der Waals surface area (Å²) in [6.45, 7) is 7.44. The zero-order valence-corrected chi connectivity index (χ0v) is 15.6. The minimum absolute atomic E-state index is 0.0113. The maximum Gasteiger partial charge on any atom is 0.283 e. The highest BCUT2D eigenvalue weighted by Crippen LogP contribution is 2.33. The zero-order valence-electron chi connectivity index (χ0n) is 14.1. The van der Waals surface area contributed by atoms with E-state index in [0.717, 1.165) is 30.3 Å². The number of amides is 1. The monoisotopic (exact) mass is 354 g/mol. The van der Waals surface area contributed by atoms with Crippen molar-refractivity contribution in [2.45, 2.75) is 39.2 Å². The summed E-state index contributed by atoms with van der Waals surface area (Å²) in [6, 6.07) is 5.00. The minimum atomic E-state index is -0.314. The average Bonchev–Trinajstić information content (AvgIpc) is 2.79. The molecule has 23 heavy (non-hydrogen) atoms. The number of carbonyl (C=O) groups is 1. The van der Waals surface area contributed by atoms with Gasteiger partial charge in [-0.05, 0) is 38.5 Å². The summed E-state index contributed by atoms with van der Waals surface area (Å²) < 4.78 is 5.25. The number of carbonyl (C=O) groups excluding carboxylic acids is 1. The lowest BCUT2D eigenvalue weighted by Gasteiger charge is -2.32. The van der Waals surface area contributed by atoms with E-state index in [1.54, 1.807) is 30.0 Å². The van der Waals surface area contributed by atoms with Crippen LogP contribution < -0.4 is 4.74 Å². The molecule has 1 aromatic rings. The van der Waals surface area contributed by atoms with Crippen LogP contribution in [0.3, 0.4) is 0 Å². The number of halogens is 1. The number of ether oxygens (including phenoxy) is 1. The van der Waals surface area contributed by atoms with E-state index in [-0.39, 0.29) is 11.4 Å². The van der Waals surface area contributed by atoms with Crippen LogP contribution >= 0.6 is 23.4 Å². The number of thioether (sulfide) groups is 1. The Hall–Kier alpha value is -1.20. The first kappa shape index (κ1) is 18.1. The Morgan fingerprint density at radius 1 is 1.48 bits per heavy atom. The van der Waals surface area contributed by atoms with Crippen LogP contribution in [0.25, 0.3) is 0 Å². The fourth-order valence-electron chi connectivity index (χ4n) is 2.46. The van der Waals surface area contributed by atoms with Crippen LogP contribution in [0.1, 0.15) is 44.0 Å². The molecule has 0 unspecified atom stereocenters. The quantitative estimate of drug-likeness (QED) is 0.782. The summed E-state index contributed by atoms with van der Waals surface area (Å²) in [4.78, 5) is 19.2. The first-order valence-corrected chi connectivity index (χ1v) is 9.12. The van der Waals surface area contributed by atoms with Gasteiger partial charge in [-0.15, -0.1) is 0 Å². The van der Waals surface area contributed by atoms with Crippen molar-refractivity contribution in [2.75, 3.05) is 19.4 Å². The van der Waals surface area contributed by atoms with Crippen molar-refractivity contribution in [3.63, 3.8) is 0 Å². The molecule has 0 aromatic heterocycles. The molecule has 0 atom stereocenters. The van der Waals surface area contributed by atoms with Crippen molar-refractivity contribution in [1.82, 2.24) is 4.90 Å². The Balaban J connectivity index is 2.29. The van der Waals surface area contributed by atoms with Crippen LogP contribution in [0.15, 0.2) is 23.2 Å². The Bertz CT molecular complexity index is 617. The second-order valence-electron chi connectivity index (χ2n) is 6.15. The zero-order chi connectivity index (χ0) is 17.0. The summed E-state index contributed by atoms with van der Waals surface area (Å²) in [5.41, 5.74) is 0.408. The number of aliphatic imine (C=N–C) groups is 1. The number of benzene rings is 1. The molecule has 0 saturated carbocycles. The highest BCUT2D eigenvalue weighted by atomic mass is 35.5. The fourth-order valence-corrected chi connectivity index (χ4v) is 3.91. The van der Waals surface area contributed by atoms with Gasteiger partial charge in [0.25, 0.3) is 5.91 Å². The molecule has 0 aliphatic carbocycles. The molecule has 1 amide bonds. The van der Waals surface area contributed by atoms with Gasteiger partial charge in [-0.2, -0.15) is 4.99 Å². The van der Waals surface area contributed by atoms with E-state index < -0.39 is 0 Å². The lowest BCUT2D eigenvalue weighted by atomic mass is 10.1. The smallest absolute Gasteiger partial charge is 0.283 e. The van der Waals surface area contributed by atoms with Crippen molar-refractivity contribution in [3.05, 3.63) is 28.8 Å². The molecular formula is C17H23ClN2O2S. The predicted molar refractivity (Wildman–Crippen MR) is 97.9 cm³/mol. The molecule has 0 N–H and O–H groups in total. The van der Waals surface area contributed by atoms with Gasteiger partial charge in [0, 0.05) is 22.9 Å². The third-order valence-corrected chi connectivity index (χ3v) is 5.50. The van der Waals surface area contributed by atoms with Crippen molar-refractivity contribution in [1.29, 1.82) is 0 Å². The van der Waals surface area contributed by atoms with E-state index in [2.05, 4.69) is 30.7 Å². The van der Waals surface area contributed by atoms with E-state index in [0.29, 0.717) is 16.3 Å². The van der Waals surface area contributed by atoms with Gasteiger partial charge in [0.15, 0.2) is 5.17 Å². The number of methoxy groups -OCH3 is 1. The largest absolute Gasteiger partial charge is 0.496 e. The normalized spacial score (nSPS) is 18.5. The van der Waals surface area contributed by atoms with Crippen LogP contribution in [0.4, 0.5) is 0 Å². The number of unbranched alkanes of at least 4 members (excludes halogenated alkanes) is 1. The highest BCUT2D eigenvalue weighted by Gasteiger charge is 2.37. The lowest BCUT2D eigenvalue weighted by molar-refractivity contribution is 0.0998. The van der Waals surface area contributed by atoms with Crippen LogP contribution in [0.5, 0.6) is 5.75 Å². The third kappa shape index (κ3) is 4.21. The number of hydrogen-bond acceptors (Lipinski definition) is 3. The average molecular weight is 355 g/mol. The first-order chi connectivity index (χ1) is 10.9. The van der Waals surface area contributed by atoms with Crippen LogP contribution in [0.2, 0.25) is 5.02 Å². The number of amidine groups is 1. The third-order valence-electron chi connectivity index (χ3n) is 3.84. The van der Waals surface area contributed by atoms with Crippen molar-refractivity contribution in [3.8, 4) is 5.75 Å². The van der Waals surface area contributed by atoms with Gasteiger partial charge in [-0.1, -0.05) is 36.7 Å². The molecule has 1 aliphatic heterocycles. The molecule has 6 heteroatoms. The Morgan fingerprint density at radius 3 is 2.87 bits per heavy atom. The minimum Gasteiger partial charge on any atom is -0.496 e. The molecule has 0 radical (unpaired) electrons. The van der Waals surface area contributed by atoms with Gasteiger partial charge in [-0.3, -0.25) is 4.79 Å². The molecule has 1 fully saturated rings. The van der Waals surface area contributed by atoms with Crippen LogP contribution in [0, 0.1) is 0 Å². The van der Waals surface area contributed by atoms with E-state index in [4.69, 9.17) is 16.3 Å². The Kier molecular flexibility index (Phi) is 5.98. The molecule has 1 heterocycles. The van der Waals surface area contributed by atoms with Gasteiger partial charge in [0.1, 0.15) is 5.75 Å². The molecule has 126 valence electrons. The number of hydrogen-bond donors (Lipinski definition) is 0. The van der Waals surface area contributed by atoms with Gasteiger partial charge >= 0.3 is 0 Å². The number of rotatable bonds is 5. The summed E-state index contributed by atoms with van der Waals surface area (Å²) in [6.07, 6.45) is 2.19. The lowest BCUT2D eigenvalue weighted by Crippen LogP contribution is -2.43. The first-order valence-electron chi connectivity index (χ1n) is 7.76. The van der Waals surface area contributed by atoms with Crippen LogP contribution in [-0.2, 0) is 0 Å². The molecule has 0 spiro atoms. The Labute approximate surface area is 147 Å². The predicted octanol–water partition coefficient (Wildman–Crippen LogP) is 4.47. The van der Waals surface area contributed by atoms with Crippen molar-refractivity contribution in [2.24, 2.45) is 4.99 Å². The SMILES string of the molecule is CCCCN1/C(=N/C(=O)c2cc(Cl)ccc2OC)SCC1(C)C. The molecule has 1 aromatic carbocycles. The number of nitrogens with zero attached hydrogens (tertiary/aromatic N) is 2. The highest BCUT2D eigenvalue weighted by molar-refractivity contribution is 8.14. The van der Waals surface area contributed by atoms with Gasteiger partial charge < -0.3 is 9.64 Å². The fraction of sp³-hybridized carbons (Fsp3) is 0.529.